The molecule has 0 aromatic heterocycles. The second-order valence-corrected chi connectivity index (χ2v) is 4.33. The van der Waals surface area contributed by atoms with E-state index in [2.05, 4.69) is 5.32 Å². The summed E-state index contributed by atoms with van der Waals surface area (Å²) in [6.07, 6.45) is 2.78. The van der Waals surface area contributed by atoms with E-state index in [0.717, 1.165) is 0 Å². The first kappa shape index (κ1) is 13.9. The lowest BCUT2D eigenvalue weighted by Crippen LogP contribution is -2.47. The molecule has 0 saturated heterocycles. The number of carbonyl (C=O) groups excluding carboxylic acids is 1. The molecule has 2 amide bonds. The fourth-order valence-corrected chi connectivity index (χ4v) is 2.13. The summed E-state index contributed by atoms with van der Waals surface area (Å²) in [7, 11) is 1.53. The van der Waals surface area contributed by atoms with Crippen LogP contribution >= 0.6 is 0 Å². The van der Waals surface area contributed by atoms with Crippen LogP contribution in [0, 0.1) is 0 Å². The lowest BCUT2D eigenvalue weighted by Gasteiger charge is -2.25. The first-order chi connectivity index (χ1) is 9.63. The normalized spacial score (nSPS) is 18.6. The monoisotopic (exact) mass is 276 g/mol. The summed E-state index contributed by atoms with van der Waals surface area (Å²) in [5.41, 5.74) is 0.628. The molecule has 1 aliphatic rings. The number of para-hydroxylation sites is 2. The quantitative estimate of drug-likeness (QED) is 0.822. The van der Waals surface area contributed by atoms with Gasteiger partial charge in [-0.15, -0.1) is 0 Å². The van der Waals surface area contributed by atoms with E-state index in [4.69, 9.17) is 9.84 Å². The molecule has 0 fully saturated rings. The summed E-state index contributed by atoms with van der Waals surface area (Å²) in [5, 5.41) is 11.0. The zero-order chi connectivity index (χ0) is 14.5. The number of hydrogen-bond donors (Lipinski definition) is 2. The predicted molar refractivity (Wildman–Crippen MR) is 74.1 cm³/mol. The number of carboxylic acid groups (broad SMARTS) is 1. The van der Waals surface area contributed by atoms with Crippen LogP contribution in [0.2, 0.25) is 0 Å². The van der Waals surface area contributed by atoms with Crippen molar-refractivity contribution in [2.45, 2.75) is 12.5 Å². The summed E-state index contributed by atoms with van der Waals surface area (Å²) in [6.45, 7) is 0.386. The molecule has 0 bridgehead atoms. The molecular formula is C14H16N2O4. The summed E-state index contributed by atoms with van der Waals surface area (Å²) in [6, 6.07) is 6.37. The number of methoxy groups -OCH3 is 1. The van der Waals surface area contributed by atoms with Gasteiger partial charge in [-0.25, -0.2) is 4.79 Å². The Balaban J connectivity index is 2.32. The van der Waals surface area contributed by atoms with Crippen molar-refractivity contribution in [3.63, 3.8) is 0 Å². The van der Waals surface area contributed by atoms with Crippen molar-refractivity contribution in [1.82, 2.24) is 5.32 Å². The van der Waals surface area contributed by atoms with E-state index in [-0.39, 0.29) is 5.91 Å². The Morgan fingerprint density at radius 3 is 2.85 bits per heavy atom. The molecule has 0 aliphatic carbocycles. The lowest BCUT2D eigenvalue weighted by atomic mass is 10.2. The van der Waals surface area contributed by atoms with Crippen LogP contribution in [0.3, 0.4) is 0 Å². The molecule has 1 aromatic rings. The zero-order valence-corrected chi connectivity index (χ0v) is 11.1. The molecular weight excluding hydrogens is 260 g/mol. The molecule has 20 heavy (non-hydrogen) atoms. The molecule has 0 radical (unpaired) electrons. The Morgan fingerprint density at radius 2 is 2.15 bits per heavy atom. The van der Waals surface area contributed by atoms with Crippen molar-refractivity contribution in [3.8, 4) is 5.75 Å². The molecule has 0 spiro atoms. The van der Waals surface area contributed by atoms with Gasteiger partial charge < -0.3 is 20.1 Å². The molecule has 1 heterocycles. The fraction of sp³-hybridized carbons (Fsp3) is 0.286. The highest BCUT2D eigenvalue weighted by Gasteiger charge is 2.28. The number of nitrogens with zero attached hydrogens (tertiary/aromatic N) is 1. The van der Waals surface area contributed by atoms with E-state index in [1.165, 1.54) is 12.0 Å². The van der Waals surface area contributed by atoms with Crippen LogP contribution in [0.4, 0.5) is 10.5 Å². The number of rotatable bonds is 3. The van der Waals surface area contributed by atoms with Crippen molar-refractivity contribution >= 4 is 17.7 Å². The first-order valence-corrected chi connectivity index (χ1v) is 6.22. The average Bonchev–Trinajstić information content (AvgIpc) is 2.61. The van der Waals surface area contributed by atoms with Gasteiger partial charge in [-0.3, -0.25) is 4.79 Å². The van der Waals surface area contributed by atoms with Crippen LogP contribution in [0.1, 0.15) is 6.42 Å². The van der Waals surface area contributed by atoms with E-state index in [1.54, 1.807) is 24.3 Å². The van der Waals surface area contributed by atoms with Gasteiger partial charge in [0.15, 0.2) is 0 Å². The number of anilines is 1. The van der Waals surface area contributed by atoms with Gasteiger partial charge in [0, 0.05) is 6.54 Å². The van der Waals surface area contributed by atoms with Crippen molar-refractivity contribution in [3.05, 3.63) is 36.4 Å². The maximum atomic E-state index is 12.5. The largest absolute Gasteiger partial charge is 0.495 e. The summed E-state index contributed by atoms with van der Waals surface area (Å²) < 4.78 is 5.25. The van der Waals surface area contributed by atoms with Crippen LogP contribution in [0.15, 0.2) is 36.4 Å². The topological polar surface area (TPSA) is 78.9 Å². The van der Waals surface area contributed by atoms with Crippen molar-refractivity contribution in [1.29, 1.82) is 0 Å². The summed E-state index contributed by atoms with van der Waals surface area (Å²) in [4.78, 5) is 24.7. The van der Waals surface area contributed by atoms with Gasteiger partial charge in [-0.1, -0.05) is 24.3 Å². The first-order valence-electron chi connectivity index (χ1n) is 6.22. The molecule has 2 N–H and O–H groups in total. The Morgan fingerprint density at radius 1 is 1.40 bits per heavy atom. The minimum atomic E-state index is -1.21. The SMILES string of the molecule is COc1ccccc1N1CC=CCC(NC(=O)O)C1=O. The molecule has 6 nitrogen and oxygen atoms in total. The van der Waals surface area contributed by atoms with E-state index in [1.807, 2.05) is 12.1 Å². The Hall–Kier alpha value is -2.50. The molecule has 1 aliphatic heterocycles. The van der Waals surface area contributed by atoms with Gasteiger partial charge in [0.1, 0.15) is 11.8 Å². The van der Waals surface area contributed by atoms with Gasteiger partial charge in [0.25, 0.3) is 0 Å². The van der Waals surface area contributed by atoms with E-state index < -0.39 is 12.1 Å². The number of amides is 2. The average molecular weight is 276 g/mol. The van der Waals surface area contributed by atoms with Gasteiger partial charge in [-0.05, 0) is 18.6 Å². The minimum Gasteiger partial charge on any atom is -0.495 e. The van der Waals surface area contributed by atoms with Crippen LogP contribution in [-0.2, 0) is 4.79 Å². The van der Waals surface area contributed by atoms with Crippen molar-refractivity contribution in [2.24, 2.45) is 0 Å². The standard InChI is InChI=1S/C14H16N2O4/c1-20-12-8-3-2-7-11(12)16-9-5-4-6-10(13(16)17)15-14(18)19/h2-5,7-8,10,15H,6,9H2,1H3,(H,18,19). The Bertz CT molecular complexity index is 542. The van der Waals surface area contributed by atoms with Gasteiger partial charge in [-0.2, -0.15) is 0 Å². The number of benzene rings is 1. The van der Waals surface area contributed by atoms with Crippen molar-refractivity contribution < 1.29 is 19.4 Å². The maximum absolute atomic E-state index is 12.5. The highest BCUT2D eigenvalue weighted by molar-refractivity contribution is 6.00. The third-order valence-corrected chi connectivity index (χ3v) is 3.06. The molecule has 1 aromatic carbocycles. The van der Waals surface area contributed by atoms with E-state index in [0.29, 0.717) is 24.4 Å². The minimum absolute atomic E-state index is 0.290. The van der Waals surface area contributed by atoms with Gasteiger partial charge in [0.05, 0.1) is 12.8 Å². The van der Waals surface area contributed by atoms with Crippen molar-refractivity contribution in [2.75, 3.05) is 18.6 Å². The number of hydrogen-bond acceptors (Lipinski definition) is 3. The van der Waals surface area contributed by atoms with Gasteiger partial charge in [0.2, 0.25) is 5.91 Å². The summed E-state index contributed by atoms with van der Waals surface area (Å²) >= 11 is 0. The Labute approximate surface area is 116 Å². The molecule has 6 heteroatoms. The Kier molecular flexibility index (Phi) is 4.24. The van der Waals surface area contributed by atoms with Crippen LogP contribution < -0.4 is 15.0 Å². The van der Waals surface area contributed by atoms with Gasteiger partial charge >= 0.3 is 6.09 Å². The molecule has 2 rings (SSSR count). The highest BCUT2D eigenvalue weighted by atomic mass is 16.5. The highest BCUT2D eigenvalue weighted by Crippen LogP contribution is 2.29. The molecule has 106 valence electrons. The number of ether oxygens (including phenoxy) is 1. The third kappa shape index (κ3) is 2.90. The van der Waals surface area contributed by atoms with E-state index >= 15 is 0 Å². The van der Waals surface area contributed by atoms with E-state index in [9.17, 15) is 9.59 Å². The molecule has 0 saturated carbocycles. The number of nitrogens with one attached hydrogen (secondary N) is 1. The third-order valence-electron chi connectivity index (χ3n) is 3.06. The maximum Gasteiger partial charge on any atom is 0.405 e. The second-order valence-electron chi connectivity index (χ2n) is 4.33. The zero-order valence-electron chi connectivity index (χ0n) is 11.1. The number of carbonyl (C=O) groups is 2. The predicted octanol–water partition coefficient (Wildman–Crippen LogP) is 1.62. The smallest absolute Gasteiger partial charge is 0.405 e. The van der Waals surface area contributed by atoms with Crippen LogP contribution in [0.5, 0.6) is 5.75 Å². The van der Waals surface area contributed by atoms with Crippen LogP contribution in [-0.4, -0.2) is 36.8 Å². The van der Waals surface area contributed by atoms with Crippen LogP contribution in [0.25, 0.3) is 0 Å². The molecule has 1 unspecified atom stereocenters. The lowest BCUT2D eigenvalue weighted by molar-refractivity contribution is -0.120. The fourth-order valence-electron chi connectivity index (χ4n) is 2.13. The summed E-state index contributed by atoms with van der Waals surface area (Å²) in [5.74, 6) is 0.284. The molecule has 1 atom stereocenters. The second kappa shape index (κ2) is 6.10.